The molecule has 2 heterocycles. The van der Waals surface area contributed by atoms with Crippen LogP contribution in [0.4, 0.5) is 5.69 Å². The highest BCUT2D eigenvalue weighted by Gasteiger charge is 2.34. The Morgan fingerprint density at radius 2 is 2.00 bits per heavy atom. The van der Waals surface area contributed by atoms with Crippen LogP contribution in [0.3, 0.4) is 0 Å². The first kappa shape index (κ1) is 21.6. The van der Waals surface area contributed by atoms with E-state index in [0.717, 1.165) is 49.2 Å². The molecule has 1 amide bonds. The zero-order valence-electron chi connectivity index (χ0n) is 16.6. The molecule has 4 rings (SSSR count). The van der Waals surface area contributed by atoms with Crippen LogP contribution in [0.5, 0.6) is 5.75 Å². The molecule has 29 heavy (non-hydrogen) atoms. The van der Waals surface area contributed by atoms with Crippen LogP contribution >= 0.6 is 12.4 Å². The zero-order valence-corrected chi connectivity index (χ0v) is 17.4. The summed E-state index contributed by atoms with van der Waals surface area (Å²) in [7, 11) is 1.89. The molecule has 2 aliphatic rings. The van der Waals surface area contributed by atoms with Crippen molar-refractivity contribution < 1.29 is 14.6 Å². The quantitative estimate of drug-likeness (QED) is 0.691. The average Bonchev–Trinajstić information content (AvgIpc) is 3.34. The molecule has 8 heteroatoms. The van der Waals surface area contributed by atoms with E-state index < -0.39 is 6.10 Å². The number of amides is 1. The van der Waals surface area contributed by atoms with Gasteiger partial charge in [-0.25, -0.2) is 0 Å². The standard InChI is InChI=1S/C21H28N4O3.ClH/c1-25-13-14(10-23-25)17-11-22-12-18(17)21(27)24-15-6-8-16(9-7-15)28-20-5-3-2-4-19(20)26;/h6-10,13,17-20,22,26H,2-5,11-12H2,1H3,(H,24,27);1H/t17-,18+,19?,20?;/m1./s1. The lowest BCUT2D eigenvalue weighted by atomic mass is 9.90. The van der Waals surface area contributed by atoms with Crippen molar-refractivity contribution in [1.82, 2.24) is 15.1 Å². The number of hydrogen-bond donors (Lipinski definition) is 3. The van der Waals surface area contributed by atoms with Crippen molar-refractivity contribution >= 4 is 24.0 Å². The van der Waals surface area contributed by atoms with Crippen molar-refractivity contribution in [2.24, 2.45) is 13.0 Å². The van der Waals surface area contributed by atoms with Crippen LogP contribution in [0.2, 0.25) is 0 Å². The lowest BCUT2D eigenvalue weighted by Crippen LogP contribution is -2.34. The minimum atomic E-state index is -0.396. The van der Waals surface area contributed by atoms with E-state index in [0.29, 0.717) is 6.54 Å². The number of halogens is 1. The molecule has 1 saturated carbocycles. The number of rotatable bonds is 5. The molecule has 1 saturated heterocycles. The van der Waals surface area contributed by atoms with E-state index in [1.54, 1.807) is 4.68 Å². The third-order valence-electron chi connectivity index (χ3n) is 5.78. The third kappa shape index (κ3) is 5.10. The van der Waals surface area contributed by atoms with Gasteiger partial charge in [-0.15, -0.1) is 12.4 Å². The Morgan fingerprint density at radius 3 is 2.69 bits per heavy atom. The van der Waals surface area contributed by atoms with Gasteiger partial charge in [0.25, 0.3) is 0 Å². The Hall–Kier alpha value is -2.09. The Kier molecular flexibility index (Phi) is 7.16. The fourth-order valence-corrected chi connectivity index (χ4v) is 4.18. The highest BCUT2D eigenvalue weighted by molar-refractivity contribution is 5.93. The van der Waals surface area contributed by atoms with Crippen molar-refractivity contribution in [2.75, 3.05) is 18.4 Å². The second kappa shape index (κ2) is 9.61. The van der Waals surface area contributed by atoms with E-state index in [-0.39, 0.29) is 36.3 Å². The van der Waals surface area contributed by atoms with Crippen molar-refractivity contribution in [3.63, 3.8) is 0 Å². The molecule has 0 radical (unpaired) electrons. The van der Waals surface area contributed by atoms with E-state index in [1.807, 2.05) is 43.7 Å². The van der Waals surface area contributed by atoms with Crippen molar-refractivity contribution in [1.29, 1.82) is 0 Å². The van der Waals surface area contributed by atoms with Gasteiger partial charge in [0.2, 0.25) is 5.91 Å². The average molecular weight is 421 g/mol. The number of anilines is 1. The van der Waals surface area contributed by atoms with Gasteiger partial charge >= 0.3 is 0 Å². The summed E-state index contributed by atoms with van der Waals surface area (Å²) in [5, 5.41) is 20.6. The minimum Gasteiger partial charge on any atom is -0.488 e. The van der Waals surface area contributed by atoms with Gasteiger partial charge in [0, 0.05) is 37.9 Å². The van der Waals surface area contributed by atoms with Gasteiger partial charge in [-0.2, -0.15) is 5.10 Å². The monoisotopic (exact) mass is 420 g/mol. The molecule has 1 aromatic heterocycles. The number of nitrogens with one attached hydrogen (secondary N) is 2. The topological polar surface area (TPSA) is 88.4 Å². The van der Waals surface area contributed by atoms with E-state index >= 15 is 0 Å². The minimum absolute atomic E-state index is 0. The summed E-state index contributed by atoms with van der Waals surface area (Å²) in [6.45, 7) is 1.44. The van der Waals surface area contributed by atoms with Gasteiger partial charge in [-0.1, -0.05) is 6.42 Å². The van der Waals surface area contributed by atoms with Gasteiger partial charge in [0.15, 0.2) is 0 Å². The summed E-state index contributed by atoms with van der Waals surface area (Å²) in [6, 6.07) is 7.40. The molecule has 158 valence electrons. The molecule has 2 aromatic rings. The van der Waals surface area contributed by atoms with Crippen molar-refractivity contribution in [3.8, 4) is 5.75 Å². The Bertz CT molecular complexity index is 811. The van der Waals surface area contributed by atoms with Crippen LogP contribution in [0, 0.1) is 5.92 Å². The van der Waals surface area contributed by atoms with Crippen LogP contribution in [0.25, 0.3) is 0 Å². The molecule has 2 fully saturated rings. The van der Waals surface area contributed by atoms with E-state index in [9.17, 15) is 9.90 Å². The number of ether oxygens (including phenoxy) is 1. The van der Waals surface area contributed by atoms with Gasteiger partial charge < -0.3 is 20.5 Å². The summed E-state index contributed by atoms with van der Waals surface area (Å²) in [5.74, 6) is 0.733. The smallest absolute Gasteiger partial charge is 0.229 e. The van der Waals surface area contributed by atoms with E-state index in [1.165, 1.54) is 0 Å². The first-order valence-electron chi connectivity index (χ1n) is 10.0. The lowest BCUT2D eigenvalue weighted by Gasteiger charge is -2.28. The van der Waals surface area contributed by atoms with Crippen LogP contribution in [-0.2, 0) is 11.8 Å². The number of carbonyl (C=O) groups excluding carboxylic acids is 1. The summed E-state index contributed by atoms with van der Waals surface area (Å²) in [4.78, 5) is 12.8. The molecule has 2 unspecified atom stereocenters. The Labute approximate surface area is 177 Å². The second-order valence-corrected chi connectivity index (χ2v) is 7.84. The maximum Gasteiger partial charge on any atom is 0.229 e. The predicted octanol–water partition coefficient (Wildman–Crippen LogP) is 2.47. The normalized spacial score (nSPS) is 26.6. The molecule has 0 spiro atoms. The highest BCUT2D eigenvalue weighted by Crippen LogP contribution is 2.29. The predicted molar refractivity (Wildman–Crippen MR) is 114 cm³/mol. The lowest BCUT2D eigenvalue weighted by molar-refractivity contribution is -0.119. The highest BCUT2D eigenvalue weighted by atomic mass is 35.5. The van der Waals surface area contributed by atoms with Crippen LogP contribution < -0.4 is 15.4 Å². The second-order valence-electron chi connectivity index (χ2n) is 7.84. The Morgan fingerprint density at radius 1 is 1.24 bits per heavy atom. The maximum absolute atomic E-state index is 12.8. The number of aromatic nitrogens is 2. The van der Waals surface area contributed by atoms with E-state index in [4.69, 9.17) is 4.74 Å². The molecule has 4 atom stereocenters. The number of aryl methyl sites for hydroxylation is 1. The zero-order chi connectivity index (χ0) is 19.5. The summed E-state index contributed by atoms with van der Waals surface area (Å²) < 4.78 is 7.69. The molecular formula is C21H29ClN4O3. The summed E-state index contributed by atoms with van der Waals surface area (Å²) >= 11 is 0. The number of carbonyl (C=O) groups is 1. The van der Waals surface area contributed by atoms with Gasteiger partial charge in [-0.05, 0) is 49.1 Å². The van der Waals surface area contributed by atoms with Crippen molar-refractivity contribution in [2.45, 2.75) is 43.8 Å². The fraction of sp³-hybridized carbons (Fsp3) is 0.524. The number of aliphatic hydroxyl groups excluding tert-OH is 1. The van der Waals surface area contributed by atoms with Crippen molar-refractivity contribution in [3.05, 3.63) is 42.2 Å². The first-order chi connectivity index (χ1) is 13.6. The summed E-state index contributed by atoms with van der Waals surface area (Å²) in [5.41, 5.74) is 1.83. The molecule has 1 aromatic carbocycles. The number of nitrogens with zero attached hydrogens (tertiary/aromatic N) is 2. The maximum atomic E-state index is 12.8. The molecular weight excluding hydrogens is 392 g/mol. The molecule has 0 bridgehead atoms. The van der Waals surface area contributed by atoms with E-state index in [2.05, 4.69) is 15.7 Å². The van der Waals surface area contributed by atoms with Gasteiger partial charge in [0.05, 0.1) is 18.2 Å². The fourth-order valence-electron chi connectivity index (χ4n) is 4.18. The van der Waals surface area contributed by atoms with Crippen LogP contribution in [0.1, 0.15) is 37.2 Å². The van der Waals surface area contributed by atoms with Crippen LogP contribution in [-0.4, -0.2) is 46.1 Å². The van der Waals surface area contributed by atoms with Gasteiger partial charge in [-0.3, -0.25) is 9.48 Å². The third-order valence-corrected chi connectivity index (χ3v) is 5.78. The summed E-state index contributed by atoms with van der Waals surface area (Å²) in [6.07, 6.45) is 7.10. The molecule has 1 aliphatic carbocycles. The Balaban J connectivity index is 0.00000240. The number of benzene rings is 1. The first-order valence-corrected chi connectivity index (χ1v) is 10.0. The van der Waals surface area contributed by atoms with Crippen LogP contribution in [0.15, 0.2) is 36.7 Å². The number of aliphatic hydroxyl groups is 1. The molecule has 1 aliphatic heterocycles. The molecule has 3 N–H and O–H groups in total. The molecule has 7 nitrogen and oxygen atoms in total. The largest absolute Gasteiger partial charge is 0.488 e. The SMILES string of the molecule is Cl.Cn1cc([C@H]2CNC[C@@H]2C(=O)Nc2ccc(OC3CCCCC3O)cc2)cn1. The van der Waals surface area contributed by atoms with Gasteiger partial charge in [0.1, 0.15) is 11.9 Å². The number of hydrogen-bond acceptors (Lipinski definition) is 5.